The van der Waals surface area contributed by atoms with Gasteiger partial charge < -0.3 is 12.4 Å². The van der Waals surface area contributed by atoms with E-state index in [4.69, 9.17) is 0 Å². The van der Waals surface area contributed by atoms with Crippen LogP contribution in [0.15, 0.2) is 33.6 Å². The molecule has 50 valence electrons. The molecule has 1 rings (SSSR count). The molecule has 9 heavy (non-hydrogen) atoms. The second kappa shape index (κ2) is 4.20. The Morgan fingerprint density at radius 3 is 2.33 bits per heavy atom. The average molecular weight is 226 g/mol. The summed E-state index contributed by atoms with van der Waals surface area (Å²) < 4.78 is 1.10. The molecule has 0 saturated carbocycles. The zero-order chi connectivity index (χ0) is 5.98. The van der Waals surface area contributed by atoms with E-state index in [0.29, 0.717) is 0 Å². The molecule has 1 aromatic carbocycles. The van der Waals surface area contributed by atoms with E-state index in [1.54, 1.807) is 0 Å². The molecule has 0 saturated heterocycles. The summed E-state index contributed by atoms with van der Waals surface area (Å²) in [5, 5.41) is 0. The maximum Gasteiger partial charge on any atom is 0.151 e. The van der Waals surface area contributed by atoms with E-state index in [2.05, 4.69) is 28.6 Å². The van der Waals surface area contributed by atoms with Gasteiger partial charge in [-0.3, -0.25) is 0 Å². The Kier molecular flexibility index (Phi) is 4.36. The van der Waals surface area contributed by atoms with Gasteiger partial charge in [0.25, 0.3) is 0 Å². The van der Waals surface area contributed by atoms with Gasteiger partial charge in [-0.2, -0.15) is 0 Å². The van der Waals surface area contributed by atoms with Crippen LogP contribution in [0.5, 0.6) is 0 Å². The minimum Gasteiger partial charge on any atom is -1.00 e. The van der Waals surface area contributed by atoms with Crippen LogP contribution >= 0.6 is 15.9 Å². The molecular weight excluding hydrogens is 219 g/mol. The first-order valence-corrected chi connectivity index (χ1v) is 3.55. The van der Waals surface area contributed by atoms with Crippen molar-refractivity contribution in [1.82, 2.24) is 0 Å². The lowest BCUT2D eigenvalue weighted by molar-refractivity contribution is -0.00000140. The van der Waals surface area contributed by atoms with Crippen molar-refractivity contribution < 1.29 is 12.4 Å². The molecule has 3 heteroatoms. The average Bonchev–Trinajstić information content (AvgIpc) is 1.64. The highest BCUT2D eigenvalue weighted by Gasteiger charge is 1.88. The summed E-state index contributed by atoms with van der Waals surface area (Å²) in [4.78, 5) is 1.10. The van der Waals surface area contributed by atoms with E-state index in [1.165, 1.54) is 0 Å². The first kappa shape index (κ1) is 9.34. The topological polar surface area (TPSA) is 0 Å². The number of benzene rings is 1. The smallest absolute Gasteiger partial charge is 0.151 e. The van der Waals surface area contributed by atoms with Crippen LogP contribution < -0.4 is 12.4 Å². The van der Waals surface area contributed by atoms with E-state index in [0.717, 1.165) is 9.37 Å². The van der Waals surface area contributed by atoms with Gasteiger partial charge >= 0.3 is 0 Å². The maximum absolute atomic E-state index is 3.38. The standard InChI is InChI=1S/C6H5BrS.ClH/c7-5-2-1-3-6(8)4-5;/h1-4,8H;1H. The van der Waals surface area contributed by atoms with E-state index >= 15 is 0 Å². The van der Waals surface area contributed by atoms with Gasteiger partial charge in [-0.25, -0.2) is 0 Å². The minimum atomic E-state index is 0. The van der Waals surface area contributed by atoms with Gasteiger partial charge in [0, 0.05) is 10.5 Å². The molecule has 0 radical (unpaired) electrons. The lowest BCUT2D eigenvalue weighted by atomic mass is 10.4. The van der Waals surface area contributed by atoms with Crippen molar-refractivity contribution in [2.24, 2.45) is 0 Å². The molecule has 0 N–H and O–H groups in total. The van der Waals surface area contributed by atoms with E-state index in [-0.39, 0.29) is 12.4 Å². The Hall–Kier alpha value is 0.340. The second-order valence-corrected chi connectivity index (χ2v) is 3.00. The highest BCUT2D eigenvalue weighted by molar-refractivity contribution is 9.10. The summed E-state index contributed by atoms with van der Waals surface area (Å²) in [5.74, 6) is 0. The van der Waals surface area contributed by atoms with Gasteiger partial charge in [0.05, 0.1) is 0 Å². The normalized spacial score (nSPS) is 8.22. The first-order chi connectivity index (χ1) is 3.79. The van der Waals surface area contributed by atoms with Crippen molar-refractivity contribution in [2.45, 2.75) is 4.90 Å². The molecule has 1 aromatic rings. The zero-order valence-electron chi connectivity index (χ0n) is 4.57. The predicted octanol–water partition coefficient (Wildman–Crippen LogP) is -1.18. The van der Waals surface area contributed by atoms with E-state index in [9.17, 15) is 0 Å². The number of halogens is 2. The predicted molar refractivity (Wildman–Crippen MR) is 42.6 cm³/mol. The molecule has 0 spiro atoms. The third-order valence-corrected chi connectivity index (χ3v) is 1.63. The molecule has 0 aliphatic heterocycles. The highest BCUT2D eigenvalue weighted by Crippen LogP contribution is 2.10. The maximum atomic E-state index is 3.38. The lowest BCUT2D eigenvalue weighted by Gasteiger charge is -1.83. The van der Waals surface area contributed by atoms with Gasteiger partial charge in [0.1, 0.15) is 0 Å². The molecule has 0 unspecified atom stereocenters. The van der Waals surface area contributed by atoms with Gasteiger partial charge in [0.2, 0.25) is 0 Å². The van der Waals surface area contributed by atoms with Gasteiger partial charge in [-0.05, 0) is 24.8 Å². The van der Waals surface area contributed by atoms with Crippen LogP contribution in [0.4, 0.5) is 0 Å². The molecule has 0 aromatic heterocycles. The van der Waals surface area contributed by atoms with Crippen molar-refractivity contribution >= 4 is 28.6 Å². The fourth-order valence-corrected chi connectivity index (χ4v) is 1.35. The van der Waals surface area contributed by atoms with Crippen molar-refractivity contribution in [3.05, 3.63) is 28.7 Å². The van der Waals surface area contributed by atoms with Crippen LogP contribution in [0.1, 0.15) is 0 Å². The van der Waals surface area contributed by atoms with Crippen molar-refractivity contribution in [3.63, 3.8) is 0 Å². The molecule has 0 aliphatic rings. The van der Waals surface area contributed by atoms with Crippen molar-refractivity contribution in [1.29, 1.82) is 0 Å². The number of hydrogen-bond donors (Lipinski definition) is 0. The van der Waals surface area contributed by atoms with Crippen LogP contribution in [0, 0.1) is 0 Å². The van der Waals surface area contributed by atoms with Crippen LogP contribution in [0.2, 0.25) is 0 Å². The van der Waals surface area contributed by atoms with E-state index < -0.39 is 0 Å². The Balaban J connectivity index is 0.000000640. The molecular formula is C6H6BrClS. The summed E-state index contributed by atoms with van der Waals surface area (Å²) in [5.41, 5.74) is 0. The summed E-state index contributed by atoms with van der Waals surface area (Å²) in [6.45, 7) is 0. The quantitative estimate of drug-likeness (QED) is 0.488. The Morgan fingerprint density at radius 2 is 2.00 bits per heavy atom. The molecule has 0 fully saturated rings. The third-order valence-electron chi connectivity index (χ3n) is 0.825. The molecule has 0 amide bonds. The van der Waals surface area contributed by atoms with Crippen LogP contribution in [0.25, 0.3) is 0 Å². The molecule has 0 bridgehead atoms. The fourth-order valence-electron chi connectivity index (χ4n) is 0.488. The number of rotatable bonds is 0. The molecule has 0 heterocycles. The van der Waals surface area contributed by atoms with Gasteiger partial charge in [0.15, 0.2) is 4.90 Å². The van der Waals surface area contributed by atoms with Crippen molar-refractivity contribution in [3.8, 4) is 0 Å². The summed E-state index contributed by atoms with van der Waals surface area (Å²) in [6, 6.07) is 7.95. The largest absolute Gasteiger partial charge is 1.00 e. The Morgan fingerprint density at radius 1 is 1.33 bits per heavy atom. The Labute approximate surface area is 74.6 Å². The molecule has 0 aliphatic carbocycles. The van der Waals surface area contributed by atoms with Crippen molar-refractivity contribution in [2.75, 3.05) is 0 Å². The van der Waals surface area contributed by atoms with Gasteiger partial charge in [-0.1, -0.05) is 22.0 Å². The summed E-state index contributed by atoms with van der Waals surface area (Å²) in [7, 11) is 0. The zero-order valence-corrected chi connectivity index (χ0v) is 7.91. The highest BCUT2D eigenvalue weighted by atomic mass is 79.9. The molecule has 0 atom stereocenters. The Bertz CT molecular complexity index is 173. The first-order valence-electron chi connectivity index (χ1n) is 2.26. The van der Waals surface area contributed by atoms with Crippen LogP contribution in [0.3, 0.4) is 0 Å². The van der Waals surface area contributed by atoms with Crippen LogP contribution in [-0.2, 0) is 12.6 Å². The summed E-state index contributed by atoms with van der Waals surface area (Å²) in [6.07, 6.45) is 0. The fraction of sp³-hybridized carbons (Fsp3) is 0. The minimum absolute atomic E-state index is 0. The van der Waals surface area contributed by atoms with Gasteiger partial charge in [-0.15, -0.1) is 0 Å². The van der Waals surface area contributed by atoms with Crippen LogP contribution in [-0.4, -0.2) is 0 Å². The lowest BCUT2D eigenvalue weighted by Crippen LogP contribution is -3.00. The van der Waals surface area contributed by atoms with E-state index in [1.807, 2.05) is 24.3 Å². The number of hydrogen-bond acceptors (Lipinski definition) is 0. The summed E-state index contributed by atoms with van der Waals surface area (Å²) >= 11 is 6.71. The second-order valence-electron chi connectivity index (χ2n) is 1.51. The third kappa shape index (κ3) is 3.14. The SMILES string of the molecule is [Cl-].[SH2+]c1cccc(Br)c1. The monoisotopic (exact) mass is 224 g/mol. The molecule has 0 nitrogen and oxygen atoms in total.